The van der Waals surface area contributed by atoms with Gasteiger partial charge in [-0.25, -0.2) is 0 Å². The third-order valence-corrected chi connectivity index (χ3v) is 1.56. The Morgan fingerprint density at radius 3 is 1.93 bits per heavy atom. The predicted molar refractivity (Wildman–Crippen MR) is 62.8 cm³/mol. The first kappa shape index (κ1) is 14.4. The first-order valence-electron chi connectivity index (χ1n) is 5.40. The Morgan fingerprint density at radius 1 is 1.13 bits per heavy atom. The van der Waals surface area contributed by atoms with Gasteiger partial charge in [-0.1, -0.05) is 20.8 Å². The van der Waals surface area contributed by atoms with E-state index in [0.29, 0.717) is 6.54 Å². The van der Waals surface area contributed by atoms with E-state index >= 15 is 0 Å². The van der Waals surface area contributed by atoms with Crippen molar-refractivity contribution < 1.29 is 9.53 Å². The molecule has 0 aliphatic heterocycles. The lowest BCUT2D eigenvalue weighted by Crippen LogP contribution is -2.36. The van der Waals surface area contributed by atoms with Crippen LogP contribution in [0.5, 0.6) is 0 Å². The molecule has 0 aliphatic carbocycles. The van der Waals surface area contributed by atoms with E-state index in [1.54, 1.807) is 0 Å². The van der Waals surface area contributed by atoms with Gasteiger partial charge in [-0.2, -0.15) is 0 Å². The van der Waals surface area contributed by atoms with Crippen LogP contribution in [0, 0.1) is 5.41 Å². The van der Waals surface area contributed by atoms with Crippen LogP contribution in [0.4, 0.5) is 0 Å². The van der Waals surface area contributed by atoms with Gasteiger partial charge >= 0.3 is 5.97 Å². The van der Waals surface area contributed by atoms with Crippen molar-refractivity contribution in [1.82, 2.24) is 4.90 Å². The number of likely N-dealkylation sites (N-methyl/N-ethyl adjacent to an activating group) is 1. The molecule has 0 aromatic heterocycles. The zero-order valence-electron chi connectivity index (χ0n) is 11.2. The van der Waals surface area contributed by atoms with Crippen LogP contribution >= 0.6 is 0 Å². The van der Waals surface area contributed by atoms with Crippen molar-refractivity contribution in [1.29, 1.82) is 0 Å². The number of ether oxygens (including phenoxy) is 1. The quantitative estimate of drug-likeness (QED) is 0.677. The van der Waals surface area contributed by atoms with Crippen molar-refractivity contribution >= 4 is 5.97 Å². The molecule has 3 heteroatoms. The molecule has 0 heterocycles. The molecule has 0 unspecified atom stereocenters. The number of rotatable bonds is 3. The second kappa shape index (κ2) is 4.97. The lowest BCUT2D eigenvalue weighted by atomic mass is 9.96. The first-order chi connectivity index (χ1) is 6.49. The van der Waals surface area contributed by atoms with Gasteiger partial charge in [0.2, 0.25) is 0 Å². The highest BCUT2D eigenvalue weighted by Gasteiger charge is 2.20. The summed E-state index contributed by atoms with van der Waals surface area (Å²) in [6.07, 6.45) is 0. The maximum atomic E-state index is 11.5. The van der Waals surface area contributed by atoms with E-state index < -0.39 is 0 Å². The predicted octanol–water partition coefficient (Wildman–Crippen LogP) is 2.31. The molecular weight excluding hydrogens is 190 g/mol. The summed E-state index contributed by atoms with van der Waals surface area (Å²) in [4.78, 5) is 13.5. The zero-order chi connectivity index (χ0) is 12.3. The highest BCUT2D eigenvalue weighted by Crippen LogP contribution is 2.14. The van der Waals surface area contributed by atoms with E-state index in [4.69, 9.17) is 4.74 Å². The van der Waals surface area contributed by atoms with E-state index in [-0.39, 0.29) is 17.0 Å². The molecule has 0 N–H and O–H groups in total. The first-order valence-corrected chi connectivity index (χ1v) is 5.40. The molecule has 0 spiro atoms. The molecule has 3 nitrogen and oxygen atoms in total. The third-order valence-electron chi connectivity index (χ3n) is 1.56. The average Bonchev–Trinajstić information content (AvgIpc) is 1.73. The summed E-state index contributed by atoms with van der Waals surface area (Å²) >= 11 is 0. The van der Waals surface area contributed by atoms with Gasteiger partial charge in [0, 0.05) is 6.54 Å². The van der Waals surface area contributed by atoms with Crippen LogP contribution in [-0.4, -0.2) is 36.6 Å². The minimum absolute atomic E-state index is 0.158. The van der Waals surface area contributed by atoms with E-state index in [2.05, 4.69) is 20.8 Å². The maximum absolute atomic E-state index is 11.5. The molecule has 0 aromatic rings. The van der Waals surface area contributed by atoms with Gasteiger partial charge < -0.3 is 4.74 Å². The standard InChI is InChI=1S/C12H25NO2/c1-11(2,3)9-13(7)8-10(14)15-12(4,5)6/h8-9H2,1-7H3. The fraction of sp³-hybridized carbons (Fsp3) is 0.917. The Labute approximate surface area is 93.8 Å². The van der Waals surface area contributed by atoms with E-state index in [0.717, 1.165) is 6.54 Å². The molecule has 90 valence electrons. The molecule has 0 rings (SSSR count). The Kier molecular flexibility index (Phi) is 4.78. The van der Waals surface area contributed by atoms with Crippen LogP contribution in [-0.2, 0) is 9.53 Å². The average molecular weight is 215 g/mol. The van der Waals surface area contributed by atoms with Gasteiger partial charge in [0.15, 0.2) is 0 Å². The Bertz CT molecular complexity index is 211. The summed E-state index contributed by atoms with van der Waals surface area (Å²) in [5.41, 5.74) is -0.184. The maximum Gasteiger partial charge on any atom is 0.320 e. The number of nitrogens with zero attached hydrogens (tertiary/aromatic N) is 1. The van der Waals surface area contributed by atoms with Crippen molar-refractivity contribution in [3.05, 3.63) is 0 Å². The molecule has 0 aliphatic rings. The normalized spacial score (nSPS) is 13.1. The molecule has 0 amide bonds. The van der Waals surface area contributed by atoms with Crippen LogP contribution in [0.3, 0.4) is 0 Å². The van der Waals surface area contributed by atoms with Gasteiger partial charge in [0.25, 0.3) is 0 Å². The molecule has 0 atom stereocenters. The smallest absolute Gasteiger partial charge is 0.320 e. The highest BCUT2D eigenvalue weighted by molar-refractivity contribution is 5.72. The molecule has 0 saturated heterocycles. The fourth-order valence-corrected chi connectivity index (χ4v) is 1.46. The van der Waals surface area contributed by atoms with Gasteiger partial charge in [0.05, 0.1) is 6.54 Å². The lowest BCUT2D eigenvalue weighted by Gasteiger charge is -2.27. The van der Waals surface area contributed by atoms with E-state index in [1.807, 2.05) is 32.7 Å². The van der Waals surface area contributed by atoms with Crippen molar-refractivity contribution in [2.24, 2.45) is 5.41 Å². The fourth-order valence-electron chi connectivity index (χ4n) is 1.46. The van der Waals surface area contributed by atoms with Gasteiger partial charge in [0.1, 0.15) is 5.60 Å². The Morgan fingerprint density at radius 2 is 1.60 bits per heavy atom. The minimum Gasteiger partial charge on any atom is -0.459 e. The van der Waals surface area contributed by atoms with Crippen LogP contribution < -0.4 is 0 Å². The monoisotopic (exact) mass is 215 g/mol. The van der Waals surface area contributed by atoms with Crippen LogP contribution in [0.1, 0.15) is 41.5 Å². The number of carbonyl (C=O) groups excluding carboxylic acids is 1. The highest BCUT2D eigenvalue weighted by atomic mass is 16.6. The van der Waals surface area contributed by atoms with E-state index in [9.17, 15) is 4.79 Å². The second-order valence-corrected chi connectivity index (χ2v) is 6.32. The van der Waals surface area contributed by atoms with Gasteiger partial charge in [-0.15, -0.1) is 0 Å². The number of esters is 1. The Balaban J connectivity index is 3.98. The number of carbonyl (C=O) groups is 1. The minimum atomic E-state index is -0.389. The van der Waals surface area contributed by atoms with Crippen molar-refractivity contribution in [3.8, 4) is 0 Å². The summed E-state index contributed by atoms with van der Waals surface area (Å²) in [7, 11) is 1.94. The summed E-state index contributed by atoms with van der Waals surface area (Å²) in [6.45, 7) is 13.3. The molecular formula is C12H25NO2. The Hall–Kier alpha value is -0.570. The largest absolute Gasteiger partial charge is 0.459 e. The van der Waals surface area contributed by atoms with Crippen LogP contribution in [0.15, 0.2) is 0 Å². The number of hydrogen-bond donors (Lipinski definition) is 0. The van der Waals surface area contributed by atoms with Crippen molar-refractivity contribution in [2.75, 3.05) is 20.1 Å². The zero-order valence-corrected chi connectivity index (χ0v) is 11.2. The molecule has 0 radical (unpaired) electrons. The van der Waals surface area contributed by atoms with Crippen LogP contribution in [0.2, 0.25) is 0 Å². The molecule has 0 bridgehead atoms. The molecule has 0 saturated carbocycles. The van der Waals surface area contributed by atoms with Crippen LogP contribution in [0.25, 0.3) is 0 Å². The summed E-state index contributed by atoms with van der Waals surface area (Å²) in [5, 5.41) is 0. The molecule has 0 fully saturated rings. The third kappa shape index (κ3) is 9.73. The van der Waals surface area contributed by atoms with Crippen molar-refractivity contribution in [2.45, 2.75) is 47.1 Å². The second-order valence-electron chi connectivity index (χ2n) is 6.32. The van der Waals surface area contributed by atoms with E-state index in [1.165, 1.54) is 0 Å². The topological polar surface area (TPSA) is 29.5 Å². The molecule has 0 aromatic carbocycles. The lowest BCUT2D eigenvalue weighted by molar-refractivity contribution is -0.156. The van der Waals surface area contributed by atoms with Gasteiger partial charge in [-0.05, 0) is 33.2 Å². The summed E-state index contributed by atoms with van der Waals surface area (Å²) in [6, 6.07) is 0. The summed E-state index contributed by atoms with van der Waals surface area (Å²) in [5.74, 6) is -0.158. The summed E-state index contributed by atoms with van der Waals surface area (Å²) < 4.78 is 5.24. The molecule has 15 heavy (non-hydrogen) atoms. The SMILES string of the molecule is CN(CC(=O)OC(C)(C)C)CC(C)(C)C. The number of hydrogen-bond acceptors (Lipinski definition) is 3. The van der Waals surface area contributed by atoms with Crippen molar-refractivity contribution in [3.63, 3.8) is 0 Å². The van der Waals surface area contributed by atoms with Gasteiger partial charge in [-0.3, -0.25) is 9.69 Å².